The molecule has 0 amide bonds. The average Bonchev–Trinajstić information content (AvgIpc) is 3.00. The maximum atomic E-state index is 11.3. The van der Waals surface area contributed by atoms with E-state index in [9.17, 15) is 4.79 Å². The van der Waals surface area contributed by atoms with Crippen LogP contribution in [0.5, 0.6) is 0 Å². The molecule has 2 rings (SSSR count). The highest BCUT2D eigenvalue weighted by Crippen LogP contribution is 2.27. The van der Waals surface area contributed by atoms with Crippen molar-refractivity contribution in [1.82, 2.24) is 14.8 Å². The van der Waals surface area contributed by atoms with Gasteiger partial charge in [0.05, 0.1) is 11.5 Å². The maximum absolute atomic E-state index is 11.3. The van der Waals surface area contributed by atoms with Crippen LogP contribution in [0.4, 0.5) is 0 Å². The second-order valence-corrected chi connectivity index (χ2v) is 5.36. The summed E-state index contributed by atoms with van der Waals surface area (Å²) in [6.45, 7) is 7.72. The standard InChI is InChI=1S/C13H15N3O2S/c1-4-7-16-12(11-6-5-8-18-11)14-15-13(16)19-10(3)9(2)17/h4-6,8,10H,1,7H2,2-3H3. The van der Waals surface area contributed by atoms with Gasteiger partial charge in [0, 0.05) is 6.54 Å². The molecule has 2 aromatic heterocycles. The van der Waals surface area contributed by atoms with E-state index < -0.39 is 0 Å². The molecule has 0 spiro atoms. The minimum Gasteiger partial charge on any atom is -0.461 e. The summed E-state index contributed by atoms with van der Waals surface area (Å²) in [5.41, 5.74) is 0. The Labute approximate surface area is 115 Å². The van der Waals surface area contributed by atoms with Crippen molar-refractivity contribution in [2.75, 3.05) is 0 Å². The van der Waals surface area contributed by atoms with E-state index in [0.29, 0.717) is 23.3 Å². The van der Waals surface area contributed by atoms with E-state index in [2.05, 4.69) is 16.8 Å². The Balaban J connectivity index is 2.34. The van der Waals surface area contributed by atoms with Crippen LogP contribution in [-0.4, -0.2) is 25.8 Å². The fourth-order valence-corrected chi connectivity index (χ4v) is 2.36. The van der Waals surface area contributed by atoms with Crippen molar-refractivity contribution in [1.29, 1.82) is 0 Å². The molecule has 0 aromatic carbocycles. The summed E-state index contributed by atoms with van der Waals surface area (Å²) in [7, 11) is 0. The summed E-state index contributed by atoms with van der Waals surface area (Å²) in [6, 6.07) is 3.62. The fourth-order valence-electron chi connectivity index (χ4n) is 1.50. The largest absolute Gasteiger partial charge is 0.461 e. The molecule has 1 unspecified atom stereocenters. The number of aromatic nitrogens is 3. The first-order valence-electron chi connectivity index (χ1n) is 5.88. The molecule has 6 heteroatoms. The predicted octanol–water partition coefficient (Wildman–Crippen LogP) is 2.79. The Morgan fingerprint density at radius 1 is 1.63 bits per heavy atom. The molecule has 0 aliphatic rings. The molecule has 0 N–H and O–H groups in total. The van der Waals surface area contributed by atoms with Crippen LogP contribution in [0.15, 0.2) is 40.6 Å². The number of ketones is 1. The lowest BCUT2D eigenvalue weighted by atomic mass is 10.3. The lowest BCUT2D eigenvalue weighted by molar-refractivity contribution is -0.116. The highest BCUT2D eigenvalue weighted by atomic mass is 32.2. The zero-order valence-electron chi connectivity index (χ0n) is 10.9. The SMILES string of the molecule is C=CCn1c(SC(C)C(C)=O)nnc1-c1ccco1. The van der Waals surface area contributed by atoms with Gasteiger partial charge in [-0.25, -0.2) is 0 Å². The van der Waals surface area contributed by atoms with Gasteiger partial charge in [-0.05, 0) is 26.0 Å². The van der Waals surface area contributed by atoms with Gasteiger partial charge in [-0.15, -0.1) is 16.8 Å². The fraction of sp³-hybridized carbons (Fsp3) is 0.308. The van der Waals surface area contributed by atoms with E-state index in [1.54, 1.807) is 25.3 Å². The van der Waals surface area contributed by atoms with E-state index in [-0.39, 0.29) is 11.0 Å². The van der Waals surface area contributed by atoms with Crippen LogP contribution in [-0.2, 0) is 11.3 Å². The molecule has 0 fully saturated rings. The summed E-state index contributed by atoms with van der Waals surface area (Å²) in [6.07, 6.45) is 3.35. The van der Waals surface area contributed by atoms with E-state index in [0.717, 1.165) is 0 Å². The van der Waals surface area contributed by atoms with Crippen LogP contribution >= 0.6 is 11.8 Å². The lowest BCUT2D eigenvalue weighted by Crippen LogP contribution is -2.10. The van der Waals surface area contributed by atoms with Gasteiger partial charge in [0.1, 0.15) is 5.78 Å². The highest BCUT2D eigenvalue weighted by molar-refractivity contribution is 8.00. The number of furan rings is 1. The Morgan fingerprint density at radius 2 is 2.42 bits per heavy atom. The molecule has 0 bridgehead atoms. The summed E-state index contributed by atoms with van der Waals surface area (Å²) in [5.74, 6) is 1.40. The first-order chi connectivity index (χ1) is 9.13. The summed E-state index contributed by atoms with van der Waals surface area (Å²) >= 11 is 1.39. The van der Waals surface area contributed by atoms with Gasteiger partial charge in [0.2, 0.25) is 5.82 Å². The number of hydrogen-bond acceptors (Lipinski definition) is 5. The number of thioether (sulfide) groups is 1. The molecular formula is C13H15N3O2S. The van der Waals surface area contributed by atoms with Gasteiger partial charge in [-0.3, -0.25) is 9.36 Å². The molecule has 0 saturated heterocycles. The molecule has 2 heterocycles. The van der Waals surface area contributed by atoms with E-state index in [4.69, 9.17) is 4.42 Å². The zero-order chi connectivity index (χ0) is 13.8. The molecule has 100 valence electrons. The summed E-state index contributed by atoms with van der Waals surface area (Å²) in [4.78, 5) is 11.3. The zero-order valence-corrected chi connectivity index (χ0v) is 11.7. The van der Waals surface area contributed by atoms with Crippen molar-refractivity contribution in [3.05, 3.63) is 31.1 Å². The minimum atomic E-state index is -0.155. The highest BCUT2D eigenvalue weighted by Gasteiger charge is 2.19. The molecule has 5 nitrogen and oxygen atoms in total. The number of nitrogens with zero attached hydrogens (tertiary/aromatic N) is 3. The number of allylic oxidation sites excluding steroid dienone is 1. The third-order valence-corrected chi connectivity index (χ3v) is 3.82. The van der Waals surface area contributed by atoms with Gasteiger partial charge in [-0.1, -0.05) is 17.8 Å². The Hall–Kier alpha value is -1.82. The van der Waals surface area contributed by atoms with Crippen molar-refractivity contribution < 1.29 is 9.21 Å². The first-order valence-corrected chi connectivity index (χ1v) is 6.76. The maximum Gasteiger partial charge on any atom is 0.200 e. The predicted molar refractivity (Wildman–Crippen MR) is 73.9 cm³/mol. The van der Waals surface area contributed by atoms with E-state index in [1.165, 1.54) is 11.8 Å². The molecule has 2 aromatic rings. The monoisotopic (exact) mass is 277 g/mol. The molecule has 0 saturated carbocycles. The van der Waals surface area contributed by atoms with Crippen molar-refractivity contribution >= 4 is 17.5 Å². The quantitative estimate of drug-likeness (QED) is 0.600. The number of carbonyl (C=O) groups excluding carboxylic acids is 1. The van der Waals surface area contributed by atoms with Crippen LogP contribution in [0.25, 0.3) is 11.6 Å². The van der Waals surface area contributed by atoms with Gasteiger partial charge in [-0.2, -0.15) is 0 Å². The van der Waals surface area contributed by atoms with Crippen LogP contribution in [0.3, 0.4) is 0 Å². The number of hydrogen-bond donors (Lipinski definition) is 0. The second-order valence-electron chi connectivity index (χ2n) is 4.05. The van der Waals surface area contributed by atoms with Crippen molar-refractivity contribution in [2.24, 2.45) is 0 Å². The molecule has 0 radical (unpaired) electrons. The van der Waals surface area contributed by atoms with Crippen LogP contribution < -0.4 is 0 Å². The molecule has 1 atom stereocenters. The number of Topliss-reactive ketones (excluding diaryl/α,β-unsaturated/α-hetero) is 1. The van der Waals surface area contributed by atoms with Crippen molar-refractivity contribution in [3.63, 3.8) is 0 Å². The average molecular weight is 277 g/mol. The number of rotatable bonds is 6. The minimum absolute atomic E-state index is 0.109. The smallest absolute Gasteiger partial charge is 0.200 e. The normalized spacial score (nSPS) is 12.3. The van der Waals surface area contributed by atoms with Gasteiger partial charge in [0.15, 0.2) is 10.9 Å². The van der Waals surface area contributed by atoms with Crippen LogP contribution in [0.2, 0.25) is 0 Å². The lowest BCUT2D eigenvalue weighted by Gasteiger charge is -2.08. The number of carbonyl (C=O) groups is 1. The van der Waals surface area contributed by atoms with Crippen molar-refractivity contribution in [3.8, 4) is 11.6 Å². The summed E-state index contributed by atoms with van der Waals surface area (Å²) < 4.78 is 7.22. The van der Waals surface area contributed by atoms with Crippen LogP contribution in [0.1, 0.15) is 13.8 Å². The topological polar surface area (TPSA) is 60.9 Å². The molecule has 0 aliphatic carbocycles. The first kappa shape index (κ1) is 13.6. The van der Waals surface area contributed by atoms with E-state index in [1.807, 2.05) is 17.6 Å². The Bertz CT molecular complexity index is 575. The molecular weight excluding hydrogens is 262 g/mol. The Kier molecular flexibility index (Phi) is 4.21. The second kappa shape index (κ2) is 5.88. The van der Waals surface area contributed by atoms with Crippen LogP contribution in [0, 0.1) is 0 Å². The molecule has 0 aliphatic heterocycles. The summed E-state index contributed by atoms with van der Waals surface area (Å²) in [5, 5.41) is 8.79. The Morgan fingerprint density at radius 3 is 3.00 bits per heavy atom. The third-order valence-electron chi connectivity index (χ3n) is 2.62. The van der Waals surface area contributed by atoms with Crippen molar-refractivity contribution in [2.45, 2.75) is 30.8 Å². The van der Waals surface area contributed by atoms with Gasteiger partial charge < -0.3 is 4.42 Å². The molecule has 19 heavy (non-hydrogen) atoms. The van der Waals surface area contributed by atoms with Gasteiger partial charge >= 0.3 is 0 Å². The van der Waals surface area contributed by atoms with E-state index >= 15 is 0 Å². The van der Waals surface area contributed by atoms with Gasteiger partial charge in [0.25, 0.3) is 0 Å². The third kappa shape index (κ3) is 2.96.